The van der Waals surface area contributed by atoms with Gasteiger partial charge in [0.25, 0.3) is 0 Å². The number of ether oxygens (including phenoxy) is 1. The molecule has 5 heteroatoms. The summed E-state index contributed by atoms with van der Waals surface area (Å²) in [6.07, 6.45) is 0.487. The van der Waals surface area contributed by atoms with Gasteiger partial charge >= 0.3 is 5.97 Å². The van der Waals surface area contributed by atoms with Crippen molar-refractivity contribution in [1.82, 2.24) is 0 Å². The van der Waals surface area contributed by atoms with Crippen LogP contribution in [0.3, 0.4) is 0 Å². The standard InChI is InChI=1S/C19H27FO4/c1-5-24-18(22)11-17(21)12-19(23,13(2)3)9-8-15-6-7-16(20)10-14(15)4/h6-7,10,13,23H,5,8-9,11-12H2,1-4H3. The molecule has 1 aromatic rings. The van der Waals surface area contributed by atoms with Crippen LogP contribution in [0.1, 0.15) is 51.2 Å². The second-order valence-corrected chi connectivity index (χ2v) is 6.53. The van der Waals surface area contributed by atoms with Crippen molar-refractivity contribution in [1.29, 1.82) is 0 Å². The molecule has 1 rings (SSSR count). The molecule has 0 bridgehead atoms. The molecule has 4 nitrogen and oxygen atoms in total. The van der Waals surface area contributed by atoms with E-state index in [2.05, 4.69) is 0 Å². The lowest BCUT2D eigenvalue weighted by Gasteiger charge is -2.32. The van der Waals surface area contributed by atoms with E-state index in [-0.39, 0.29) is 37.0 Å². The Hall–Kier alpha value is -1.75. The van der Waals surface area contributed by atoms with Crippen LogP contribution in [0.2, 0.25) is 0 Å². The second-order valence-electron chi connectivity index (χ2n) is 6.53. The summed E-state index contributed by atoms with van der Waals surface area (Å²) >= 11 is 0. The van der Waals surface area contributed by atoms with Gasteiger partial charge in [-0.05, 0) is 55.9 Å². The predicted octanol–water partition coefficient (Wildman–Crippen LogP) is 3.37. The molecule has 1 aromatic carbocycles. The second kappa shape index (κ2) is 8.92. The molecule has 0 amide bonds. The first-order valence-electron chi connectivity index (χ1n) is 8.32. The monoisotopic (exact) mass is 338 g/mol. The van der Waals surface area contributed by atoms with Crippen LogP contribution in [0.5, 0.6) is 0 Å². The van der Waals surface area contributed by atoms with Crippen molar-refractivity contribution in [2.45, 2.75) is 59.0 Å². The van der Waals surface area contributed by atoms with Crippen LogP contribution in [0, 0.1) is 18.7 Å². The first-order chi connectivity index (χ1) is 11.2. The number of benzene rings is 1. The number of rotatable bonds is 9. The summed E-state index contributed by atoms with van der Waals surface area (Å²) in [7, 11) is 0. The van der Waals surface area contributed by atoms with Crippen LogP contribution in [0.4, 0.5) is 4.39 Å². The van der Waals surface area contributed by atoms with Gasteiger partial charge in [-0.3, -0.25) is 9.59 Å². The van der Waals surface area contributed by atoms with Crippen LogP contribution < -0.4 is 0 Å². The van der Waals surface area contributed by atoms with Crippen molar-refractivity contribution in [3.63, 3.8) is 0 Å². The van der Waals surface area contributed by atoms with E-state index in [9.17, 15) is 19.1 Å². The van der Waals surface area contributed by atoms with E-state index in [4.69, 9.17) is 4.74 Å². The zero-order valence-electron chi connectivity index (χ0n) is 14.9. The molecule has 24 heavy (non-hydrogen) atoms. The van der Waals surface area contributed by atoms with Crippen molar-refractivity contribution in [2.75, 3.05) is 6.61 Å². The fourth-order valence-electron chi connectivity index (χ4n) is 2.65. The van der Waals surface area contributed by atoms with Gasteiger partial charge in [-0.15, -0.1) is 0 Å². The highest BCUT2D eigenvalue weighted by atomic mass is 19.1. The molecule has 0 saturated heterocycles. The highest BCUT2D eigenvalue weighted by molar-refractivity contribution is 5.95. The smallest absolute Gasteiger partial charge is 0.313 e. The molecule has 0 radical (unpaired) electrons. The van der Waals surface area contributed by atoms with Crippen LogP contribution in [-0.4, -0.2) is 29.1 Å². The van der Waals surface area contributed by atoms with E-state index < -0.39 is 11.6 Å². The van der Waals surface area contributed by atoms with Gasteiger partial charge in [0.1, 0.15) is 18.0 Å². The fraction of sp³-hybridized carbons (Fsp3) is 0.579. The van der Waals surface area contributed by atoms with Crippen LogP contribution in [0.15, 0.2) is 18.2 Å². The van der Waals surface area contributed by atoms with Crippen LogP contribution in [0.25, 0.3) is 0 Å². The Labute approximate surface area is 143 Å². The van der Waals surface area contributed by atoms with Crippen molar-refractivity contribution in [3.05, 3.63) is 35.1 Å². The minimum atomic E-state index is -1.20. The highest BCUT2D eigenvalue weighted by Gasteiger charge is 2.34. The molecule has 1 N–H and O–H groups in total. The SMILES string of the molecule is CCOC(=O)CC(=O)CC(O)(CCc1ccc(F)cc1C)C(C)C. The molecule has 1 atom stereocenters. The van der Waals surface area contributed by atoms with Gasteiger partial charge in [0.15, 0.2) is 0 Å². The summed E-state index contributed by atoms with van der Waals surface area (Å²) in [6, 6.07) is 4.55. The molecule has 134 valence electrons. The first kappa shape index (κ1) is 20.3. The summed E-state index contributed by atoms with van der Waals surface area (Å²) < 4.78 is 17.9. The van der Waals surface area contributed by atoms with Crippen LogP contribution >= 0.6 is 0 Å². The number of aliphatic hydroxyl groups is 1. The predicted molar refractivity (Wildman–Crippen MR) is 90.1 cm³/mol. The molecule has 0 saturated carbocycles. The summed E-state index contributed by atoms with van der Waals surface area (Å²) in [5, 5.41) is 10.9. The average molecular weight is 338 g/mol. The third-order valence-corrected chi connectivity index (χ3v) is 4.36. The van der Waals surface area contributed by atoms with E-state index >= 15 is 0 Å². The van der Waals surface area contributed by atoms with E-state index in [1.54, 1.807) is 13.0 Å². The number of halogens is 1. The van der Waals surface area contributed by atoms with E-state index in [1.807, 2.05) is 20.8 Å². The molecule has 0 fully saturated rings. The summed E-state index contributed by atoms with van der Waals surface area (Å²) in [6.45, 7) is 7.41. The van der Waals surface area contributed by atoms with Gasteiger partial charge in [-0.1, -0.05) is 19.9 Å². The Morgan fingerprint density at radius 2 is 2.00 bits per heavy atom. The molecule has 0 aliphatic rings. The molecule has 0 aliphatic carbocycles. The molecule has 0 aliphatic heterocycles. The Morgan fingerprint density at radius 1 is 1.33 bits per heavy atom. The topological polar surface area (TPSA) is 63.6 Å². The molecule has 0 heterocycles. The van der Waals surface area contributed by atoms with Gasteiger partial charge in [0.2, 0.25) is 0 Å². The normalized spacial score (nSPS) is 13.6. The maximum atomic E-state index is 13.2. The van der Waals surface area contributed by atoms with E-state index in [0.717, 1.165) is 11.1 Å². The van der Waals surface area contributed by atoms with Crippen molar-refractivity contribution >= 4 is 11.8 Å². The van der Waals surface area contributed by atoms with E-state index in [0.29, 0.717) is 12.8 Å². The lowest BCUT2D eigenvalue weighted by Crippen LogP contribution is -2.38. The zero-order valence-corrected chi connectivity index (χ0v) is 14.9. The third-order valence-electron chi connectivity index (χ3n) is 4.36. The Bertz CT molecular complexity index is 583. The van der Waals surface area contributed by atoms with Gasteiger partial charge < -0.3 is 9.84 Å². The van der Waals surface area contributed by atoms with Gasteiger partial charge in [0.05, 0.1) is 12.2 Å². The lowest BCUT2D eigenvalue weighted by molar-refractivity contribution is -0.146. The summed E-state index contributed by atoms with van der Waals surface area (Å²) in [5.41, 5.74) is 0.553. The van der Waals surface area contributed by atoms with Gasteiger partial charge in [0, 0.05) is 6.42 Å². The Morgan fingerprint density at radius 3 is 2.54 bits per heavy atom. The number of carbonyl (C=O) groups excluding carboxylic acids is 2. The number of carbonyl (C=O) groups is 2. The Balaban J connectivity index is 2.73. The maximum Gasteiger partial charge on any atom is 0.313 e. The van der Waals surface area contributed by atoms with Crippen LogP contribution in [-0.2, 0) is 20.7 Å². The molecular weight excluding hydrogens is 311 g/mol. The molecule has 0 aromatic heterocycles. The number of Topliss-reactive ketones (excluding diaryl/α,β-unsaturated/α-hetero) is 1. The largest absolute Gasteiger partial charge is 0.466 e. The van der Waals surface area contributed by atoms with Gasteiger partial charge in [-0.2, -0.15) is 0 Å². The summed E-state index contributed by atoms with van der Waals surface area (Å²) in [4.78, 5) is 23.5. The lowest BCUT2D eigenvalue weighted by atomic mass is 9.80. The molecular formula is C19H27FO4. The minimum absolute atomic E-state index is 0.0935. The first-order valence-corrected chi connectivity index (χ1v) is 8.32. The maximum absolute atomic E-state index is 13.2. The highest BCUT2D eigenvalue weighted by Crippen LogP contribution is 2.28. The minimum Gasteiger partial charge on any atom is -0.466 e. The number of ketones is 1. The zero-order chi connectivity index (χ0) is 18.3. The molecule has 0 spiro atoms. The summed E-state index contributed by atoms with van der Waals surface area (Å²) in [5.74, 6) is -1.34. The van der Waals surface area contributed by atoms with E-state index in [1.165, 1.54) is 12.1 Å². The number of hydrogen-bond acceptors (Lipinski definition) is 4. The third kappa shape index (κ3) is 6.04. The number of hydrogen-bond donors (Lipinski definition) is 1. The van der Waals surface area contributed by atoms with Gasteiger partial charge in [-0.25, -0.2) is 4.39 Å². The molecule has 1 unspecified atom stereocenters. The average Bonchev–Trinajstić information content (AvgIpc) is 2.46. The Kier molecular flexibility index (Phi) is 7.55. The number of esters is 1. The van der Waals surface area contributed by atoms with Crippen molar-refractivity contribution < 1.29 is 23.8 Å². The van der Waals surface area contributed by atoms with Crippen molar-refractivity contribution in [2.24, 2.45) is 5.92 Å². The number of aryl methyl sites for hydroxylation is 2. The fourth-order valence-corrected chi connectivity index (χ4v) is 2.65. The van der Waals surface area contributed by atoms with Crippen molar-refractivity contribution in [3.8, 4) is 0 Å². The quantitative estimate of drug-likeness (QED) is 0.554.